The van der Waals surface area contributed by atoms with Gasteiger partial charge in [0, 0.05) is 30.8 Å². The number of rotatable bonds is 8. The SMILES string of the molecule is CCCC[C@H](NC(=O)c1ccc2c(c1)N(C)C(=O)CC2)C(=O)N[C@H]1CCC[C@H]1C(=O)OC. The Morgan fingerprint density at radius 3 is 2.72 bits per heavy atom. The number of aryl methyl sites for hydroxylation is 1. The van der Waals surface area contributed by atoms with E-state index in [1.54, 1.807) is 24.1 Å². The molecule has 0 unspecified atom stereocenters. The highest BCUT2D eigenvalue weighted by Gasteiger charge is 2.36. The molecule has 0 saturated heterocycles. The second-order valence-corrected chi connectivity index (χ2v) is 8.64. The zero-order valence-corrected chi connectivity index (χ0v) is 19.1. The Bertz CT molecular complexity index is 884. The third kappa shape index (κ3) is 5.29. The van der Waals surface area contributed by atoms with Crippen LogP contribution < -0.4 is 15.5 Å². The van der Waals surface area contributed by atoms with Gasteiger partial charge in [0.25, 0.3) is 5.91 Å². The average molecular weight is 444 g/mol. The van der Waals surface area contributed by atoms with E-state index in [1.807, 2.05) is 13.0 Å². The maximum atomic E-state index is 13.0. The van der Waals surface area contributed by atoms with Crippen molar-refractivity contribution in [2.75, 3.05) is 19.1 Å². The second-order valence-electron chi connectivity index (χ2n) is 8.64. The normalized spacial score (nSPS) is 21.0. The average Bonchev–Trinajstić information content (AvgIpc) is 3.26. The van der Waals surface area contributed by atoms with Crippen molar-refractivity contribution in [3.63, 3.8) is 0 Å². The molecule has 0 radical (unpaired) electrons. The minimum Gasteiger partial charge on any atom is -0.469 e. The summed E-state index contributed by atoms with van der Waals surface area (Å²) in [5, 5.41) is 5.83. The van der Waals surface area contributed by atoms with Gasteiger partial charge in [0.1, 0.15) is 6.04 Å². The van der Waals surface area contributed by atoms with E-state index in [-0.39, 0.29) is 35.7 Å². The fourth-order valence-corrected chi connectivity index (χ4v) is 4.54. The summed E-state index contributed by atoms with van der Waals surface area (Å²) < 4.78 is 4.87. The molecule has 3 rings (SSSR count). The zero-order chi connectivity index (χ0) is 23.3. The number of amides is 3. The summed E-state index contributed by atoms with van der Waals surface area (Å²) in [4.78, 5) is 51.6. The highest BCUT2D eigenvalue weighted by atomic mass is 16.5. The van der Waals surface area contributed by atoms with E-state index < -0.39 is 6.04 Å². The molecule has 174 valence electrons. The first-order valence-corrected chi connectivity index (χ1v) is 11.4. The van der Waals surface area contributed by atoms with Gasteiger partial charge in [-0.15, -0.1) is 0 Å². The Morgan fingerprint density at radius 2 is 2.00 bits per heavy atom. The number of unbranched alkanes of at least 4 members (excludes halogenated alkanes) is 1. The van der Waals surface area contributed by atoms with Crippen LogP contribution in [-0.4, -0.2) is 49.9 Å². The number of carbonyl (C=O) groups excluding carboxylic acids is 4. The van der Waals surface area contributed by atoms with E-state index >= 15 is 0 Å². The minimum atomic E-state index is -0.697. The number of fused-ring (bicyclic) bond motifs is 1. The van der Waals surface area contributed by atoms with Gasteiger partial charge >= 0.3 is 5.97 Å². The molecule has 0 spiro atoms. The number of carbonyl (C=O) groups is 4. The number of anilines is 1. The summed E-state index contributed by atoms with van der Waals surface area (Å²) in [6.07, 6.45) is 5.54. The zero-order valence-electron chi connectivity index (χ0n) is 19.1. The largest absolute Gasteiger partial charge is 0.469 e. The van der Waals surface area contributed by atoms with E-state index in [0.717, 1.165) is 30.5 Å². The molecule has 3 amide bonds. The van der Waals surface area contributed by atoms with E-state index in [9.17, 15) is 19.2 Å². The van der Waals surface area contributed by atoms with Gasteiger partial charge in [0.05, 0.1) is 13.0 Å². The highest BCUT2D eigenvalue weighted by molar-refractivity contribution is 6.01. The van der Waals surface area contributed by atoms with Crippen molar-refractivity contribution in [1.82, 2.24) is 10.6 Å². The van der Waals surface area contributed by atoms with Crippen molar-refractivity contribution in [3.8, 4) is 0 Å². The van der Waals surface area contributed by atoms with Crippen LogP contribution in [0, 0.1) is 5.92 Å². The topological polar surface area (TPSA) is 105 Å². The lowest BCUT2D eigenvalue weighted by atomic mass is 9.99. The Kier molecular flexibility index (Phi) is 7.88. The van der Waals surface area contributed by atoms with E-state index in [0.29, 0.717) is 37.7 Å². The maximum absolute atomic E-state index is 13.0. The van der Waals surface area contributed by atoms with Crippen LogP contribution in [0.4, 0.5) is 5.69 Å². The van der Waals surface area contributed by atoms with E-state index in [1.165, 1.54) is 7.11 Å². The number of esters is 1. The van der Waals surface area contributed by atoms with Gasteiger partial charge in [-0.3, -0.25) is 19.2 Å². The first kappa shape index (κ1) is 23.8. The number of methoxy groups -OCH3 is 1. The van der Waals surface area contributed by atoms with Crippen molar-refractivity contribution in [3.05, 3.63) is 29.3 Å². The lowest BCUT2D eigenvalue weighted by molar-refractivity contribution is -0.146. The van der Waals surface area contributed by atoms with Crippen molar-refractivity contribution in [1.29, 1.82) is 0 Å². The maximum Gasteiger partial charge on any atom is 0.310 e. The van der Waals surface area contributed by atoms with Crippen LogP contribution in [0.25, 0.3) is 0 Å². The van der Waals surface area contributed by atoms with Crippen LogP contribution in [0.15, 0.2) is 18.2 Å². The summed E-state index contributed by atoms with van der Waals surface area (Å²) in [5.41, 5.74) is 2.17. The van der Waals surface area contributed by atoms with E-state index in [4.69, 9.17) is 4.74 Å². The minimum absolute atomic E-state index is 0.0204. The Balaban J connectivity index is 1.71. The van der Waals surface area contributed by atoms with Gasteiger partial charge in [-0.1, -0.05) is 32.3 Å². The van der Waals surface area contributed by atoms with Crippen LogP contribution in [0.1, 0.15) is 67.8 Å². The van der Waals surface area contributed by atoms with Crippen molar-refractivity contribution in [2.45, 2.75) is 70.4 Å². The predicted molar refractivity (Wildman–Crippen MR) is 120 cm³/mol. The summed E-state index contributed by atoms with van der Waals surface area (Å²) in [5.74, 6) is -1.27. The van der Waals surface area contributed by atoms with Gasteiger partial charge in [-0.05, 0) is 43.4 Å². The van der Waals surface area contributed by atoms with Crippen LogP contribution in [0.3, 0.4) is 0 Å². The highest BCUT2D eigenvalue weighted by Crippen LogP contribution is 2.28. The predicted octanol–water partition coefficient (Wildman–Crippen LogP) is 2.34. The number of hydrogen-bond acceptors (Lipinski definition) is 5. The molecule has 1 saturated carbocycles. The van der Waals surface area contributed by atoms with Crippen LogP contribution in [0.2, 0.25) is 0 Å². The molecule has 2 N–H and O–H groups in total. The van der Waals surface area contributed by atoms with Gasteiger partial charge in [-0.25, -0.2) is 0 Å². The Labute approximate surface area is 189 Å². The molecule has 1 aromatic carbocycles. The molecule has 1 aliphatic carbocycles. The van der Waals surface area contributed by atoms with Gasteiger partial charge < -0.3 is 20.3 Å². The standard InChI is InChI=1S/C24H33N3O5/c1-4-5-8-19(23(30)25-18-9-6-7-17(18)24(31)32-3)26-22(29)16-11-10-15-12-13-21(28)27(2)20(15)14-16/h10-11,14,17-19H,4-9,12-13H2,1-3H3,(H,25,30)(H,26,29)/t17-,18+,19+/m1/s1. The summed E-state index contributed by atoms with van der Waals surface area (Å²) in [6, 6.07) is 4.34. The molecule has 1 aliphatic heterocycles. The van der Waals surface area contributed by atoms with Gasteiger partial charge in [0.15, 0.2) is 0 Å². The van der Waals surface area contributed by atoms with Crippen molar-refractivity contribution < 1.29 is 23.9 Å². The van der Waals surface area contributed by atoms with Crippen molar-refractivity contribution >= 4 is 29.4 Å². The van der Waals surface area contributed by atoms with Crippen molar-refractivity contribution in [2.24, 2.45) is 5.92 Å². The Hall–Kier alpha value is -2.90. The number of benzene rings is 1. The molecule has 1 aromatic rings. The quantitative estimate of drug-likeness (QED) is 0.600. The summed E-state index contributed by atoms with van der Waals surface area (Å²) in [6.45, 7) is 2.03. The second kappa shape index (κ2) is 10.6. The summed E-state index contributed by atoms with van der Waals surface area (Å²) in [7, 11) is 3.06. The first-order valence-electron chi connectivity index (χ1n) is 11.4. The number of nitrogens with one attached hydrogen (secondary N) is 2. The molecule has 0 bridgehead atoms. The molecule has 0 aromatic heterocycles. The number of ether oxygens (including phenoxy) is 1. The fourth-order valence-electron chi connectivity index (χ4n) is 4.54. The molecular weight excluding hydrogens is 410 g/mol. The van der Waals surface area contributed by atoms with Gasteiger partial charge in [0.2, 0.25) is 11.8 Å². The van der Waals surface area contributed by atoms with E-state index in [2.05, 4.69) is 10.6 Å². The number of nitrogens with zero attached hydrogens (tertiary/aromatic N) is 1. The summed E-state index contributed by atoms with van der Waals surface area (Å²) >= 11 is 0. The van der Waals surface area contributed by atoms with Gasteiger partial charge in [-0.2, -0.15) is 0 Å². The Morgan fingerprint density at radius 1 is 1.22 bits per heavy atom. The molecule has 32 heavy (non-hydrogen) atoms. The van der Waals surface area contributed by atoms with Crippen LogP contribution in [0.5, 0.6) is 0 Å². The number of hydrogen-bond donors (Lipinski definition) is 2. The molecule has 3 atom stereocenters. The van der Waals surface area contributed by atoms with Crippen LogP contribution >= 0.6 is 0 Å². The lowest BCUT2D eigenvalue weighted by Crippen LogP contribution is -2.51. The first-order chi connectivity index (χ1) is 15.3. The third-order valence-corrected chi connectivity index (χ3v) is 6.51. The lowest BCUT2D eigenvalue weighted by Gasteiger charge is -2.26. The molecule has 8 heteroatoms. The molecular formula is C24H33N3O5. The fraction of sp³-hybridized carbons (Fsp3) is 0.583. The smallest absolute Gasteiger partial charge is 0.310 e. The molecule has 2 aliphatic rings. The third-order valence-electron chi connectivity index (χ3n) is 6.51. The molecule has 1 heterocycles. The monoisotopic (exact) mass is 443 g/mol. The molecule has 1 fully saturated rings. The molecule has 8 nitrogen and oxygen atoms in total. The van der Waals surface area contributed by atoms with Crippen LogP contribution in [-0.2, 0) is 25.5 Å².